The van der Waals surface area contributed by atoms with Crippen LogP contribution in [-0.2, 0) is 11.2 Å². The lowest BCUT2D eigenvalue weighted by atomic mass is 10.00. The predicted molar refractivity (Wildman–Crippen MR) is 67.6 cm³/mol. The summed E-state index contributed by atoms with van der Waals surface area (Å²) in [6, 6.07) is 7.64. The number of benzene rings is 1. The minimum absolute atomic E-state index is 0.537. The molecule has 0 radical (unpaired) electrons. The van der Waals surface area contributed by atoms with Gasteiger partial charge in [-0.15, -0.1) is 0 Å². The Hall–Kier alpha value is -1.61. The lowest BCUT2D eigenvalue weighted by Gasteiger charge is -2.08. The lowest BCUT2D eigenvalue weighted by Crippen LogP contribution is -2.29. The highest BCUT2D eigenvalue weighted by atomic mass is 16.4. The fourth-order valence-electron chi connectivity index (χ4n) is 2.23. The molecule has 0 aromatic heterocycles. The summed E-state index contributed by atoms with van der Waals surface area (Å²) in [4.78, 5) is 10.6. The van der Waals surface area contributed by atoms with Crippen LogP contribution >= 0.6 is 0 Å². The van der Waals surface area contributed by atoms with Crippen molar-refractivity contribution < 1.29 is 9.90 Å². The summed E-state index contributed by atoms with van der Waals surface area (Å²) in [6.45, 7) is 0. The van der Waals surface area contributed by atoms with Gasteiger partial charge >= 0.3 is 5.97 Å². The molecule has 1 unspecified atom stereocenters. The van der Waals surface area contributed by atoms with Gasteiger partial charge < -0.3 is 10.8 Å². The molecule has 0 bridgehead atoms. The van der Waals surface area contributed by atoms with Crippen LogP contribution in [0.3, 0.4) is 0 Å². The van der Waals surface area contributed by atoms with Gasteiger partial charge in [0.25, 0.3) is 0 Å². The van der Waals surface area contributed by atoms with Gasteiger partial charge in [0.2, 0.25) is 0 Å². The van der Waals surface area contributed by atoms with Gasteiger partial charge in [-0.05, 0) is 42.4 Å². The van der Waals surface area contributed by atoms with Crippen molar-refractivity contribution in [2.45, 2.75) is 31.7 Å². The normalized spacial score (nSPS) is 15.2. The molecule has 2 rings (SSSR count). The van der Waals surface area contributed by atoms with E-state index in [2.05, 4.69) is 24.3 Å². The number of aliphatic carboxylic acids is 1. The molecule has 3 N–H and O–H groups in total. The summed E-state index contributed by atoms with van der Waals surface area (Å²) < 4.78 is 0. The molecule has 1 atom stereocenters. The highest BCUT2D eigenvalue weighted by molar-refractivity contribution is 5.74. The van der Waals surface area contributed by atoms with E-state index in [9.17, 15) is 4.79 Å². The zero-order valence-electron chi connectivity index (χ0n) is 9.73. The Kier molecular flexibility index (Phi) is 3.59. The Morgan fingerprint density at radius 2 is 2.18 bits per heavy atom. The zero-order valence-corrected chi connectivity index (χ0v) is 9.73. The Bertz CT molecular complexity index is 451. The third kappa shape index (κ3) is 2.74. The first-order valence-electron chi connectivity index (χ1n) is 5.94. The maximum absolute atomic E-state index is 10.6. The van der Waals surface area contributed by atoms with Crippen LogP contribution in [0.25, 0.3) is 5.57 Å². The number of nitrogens with two attached hydrogens (primary N) is 1. The van der Waals surface area contributed by atoms with Crippen LogP contribution in [0.4, 0.5) is 0 Å². The quantitative estimate of drug-likeness (QED) is 0.816. The number of carboxylic acids is 1. The summed E-state index contributed by atoms with van der Waals surface area (Å²) in [5.41, 5.74) is 9.49. The molecule has 90 valence electrons. The molecule has 0 amide bonds. The van der Waals surface area contributed by atoms with E-state index in [1.807, 2.05) is 6.07 Å². The molecule has 3 heteroatoms. The van der Waals surface area contributed by atoms with Crippen LogP contribution in [0.15, 0.2) is 30.3 Å². The Labute approximate surface area is 101 Å². The highest BCUT2D eigenvalue weighted by Gasteiger charge is 2.15. The summed E-state index contributed by atoms with van der Waals surface area (Å²) in [7, 11) is 0. The molecule has 1 aliphatic carbocycles. The SMILES string of the molecule is NC(CCCC1=CCc2ccccc21)C(=O)O. The summed E-state index contributed by atoms with van der Waals surface area (Å²) in [5, 5.41) is 8.69. The molecule has 0 spiro atoms. The Balaban J connectivity index is 1.88. The average molecular weight is 231 g/mol. The van der Waals surface area contributed by atoms with E-state index in [1.54, 1.807) is 0 Å². The number of carbonyl (C=O) groups is 1. The van der Waals surface area contributed by atoms with Crippen LogP contribution < -0.4 is 5.73 Å². The first-order chi connectivity index (χ1) is 8.18. The van der Waals surface area contributed by atoms with Crippen LogP contribution in [-0.4, -0.2) is 17.1 Å². The van der Waals surface area contributed by atoms with Gasteiger partial charge in [-0.2, -0.15) is 0 Å². The number of hydrogen-bond donors (Lipinski definition) is 2. The third-order valence-corrected chi connectivity index (χ3v) is 3.21. The first-order valence-corrected chi connectivity index (χ1v) is 5.94. The number of allylic oxidation sites excluding steroid dienone is 2. The van der Waals surface area contributed by atoms with Crippen molar-refractivity contribution in [3.63, 3.8) is 0 Å². The molecule has 0 aliphatic heterocycles. The molecule has 3 nitrogen and oxygen atoms in total. The zero-order chi connectivity index (χ0) is 12.3. The van der Waals surface area contributed by atoms with Crippen molar-refractivity contribution in [1.29, 1.82) is 0 Å². The topological polar surface area (TPSA) is 63.3 Å². The van der Waals surface area contributed by atoms with E-state index in [-0.39, 0.29) is 0 Å². The van der Waals surface area contributed by atoms with Crippen molar-refractivity contribution in [2.24, 2.45) is 5.73 Å². The second kappa shape index (κ2) is 5.15. The predicted octanol–water partition coefficient (Wildman–Crippen LogP) is 2.21. The number of hydrogen-bond acceptors (Lipinski definition) is 2. The molecule has 17 heavy (non-hydrogen) atoms. The van der Waals surface area contributed by atoms with Crippen molar-refractivity contribution in [2.75, 3.05) is 0 Å². The third-order valence-electron chi connectivity index (χ3n) is 3.21. The van der Waals surface area contributed by atoms with Crippen molar-refractivity contribution in [3.8, 4) is 0 Å². The number of rotatable bonds is 5. The van der Waals surface area contributed by atoms with Crippen LogP contribution in [0.5, 0.6) is 0 Å². The van der Waals surface area contributed by atoms with Gasteiger partial charge in [-0.1, -0.05) is 30.3 Å². The molecule has 0 fully saturated rings. The standard InChI is InChI=1S/C14H17NO2/c15-13(14(16)17)7-3-5-11-9-8-10-4-1-2-6-12(10)11/h1-2,4,6,9,13H,3,5,7-8,15H2,(H,16,17). The summed E-state index contributed by atoms with van der Waals surface area (Å²) in [5.74, 6) is -0.911. The van der Waals surface area contributed by atoms with Gasteiger partial charge in [-0.3, -0.25) is 4.79 Å². The minimum atomic E-state index is -0.911. The molecule has 0 saturated heterocycles. The molecule has 1 aromatic carbocycles. The van der Waals surface area contributed by atoms with Gasteiger partial charge in [0.05, 0.1) is 0 Å². The monoisotopic (exact) mass is 231 g/mol. The molecular formula is C14H17NO2. The Morgan fingerprint density at radius 3 is 2.94 bits per heavy atom. The maximum Gasteiger partial charge on any atom is 0.320 e. The molecule has 1 aliphatic rings. The summed E-state index contributed by atoms with van der Waals surface area (Å²) in [6.07, 6.45) is 5.51. The molecule has 0 heterocycles. The highest BCUT2D eigenvalue weighted by Crippen LogP contribution is 2.30. The lowest BCUT2D eigenvalue weighted by molar-refractivity contribution is -0.138. The van der Waals surface area contributed by atoms with Gasteiger partial charge in [-0.25, -0.2) is 0 Å². The van der Waals surface area contributed by atoms with Crippen molar-refractivity contribution in [3.05, 3.63) is 41.5 Å². The van der Waals surface area contributed by atoms with E-state index in [0.717, 1.165) is 19.3 Å². The number of fused-ring (bicyclic) bond motifs is 1. The smallest absolute Gasteiger partial charge is 0.320 e. The fourth-order valence-corrected chi connectivity index (χ4v) is 2.23. The van der Waals surface area contributed by atoms with Crippen LogP contribution in [0, 0.1) is 0 Å². The molecule has 1 aromatic rings. The maximum atomic E-state index is 10.6. The molecule has 0 saturated carbocycles. The van der Waals surface area contributed by atoms with E-state index in [4.69, 9.17) is 10.8 Å². The van der Waals surface area contributed by atoms with E-state index >= 15 is 0 Å². The average Bonchev–Trinajstić information content (AvgIpc) is 2.72. The Morgan fingerprint density at radius 1 is 1.41 bits per heavy atom. The van der Waals surface area contributed by atoms with E-state index in [0.29, 0.717) is 6.42 Å². The van der Waals surface area contributed by atoms with Crippen LogP contribution in [0.1, 0.15) is 30.4 Å². The summed E-state index contributed by atoms with van der Waals surface area (Å²) >= 11 is 0. The largest absolute Gasteiger partial charge is 0.480 e. The first kappa shape index (κ1) is 11.9. The number of carboxylic acid groups (broad SMARTS) is 1. The van der Waals surface area contributed by atoms with E-state index in [1.165, 1.54) is 16.7 Å². The second-order valence-corrected chi connectivity index (χ2v) is 4.43. The fraction of sp³-hybridized carbons (Fsp3) is 0.357. The van der Waals surface area contributed by atoms with Crippen molar-refractivity contribution in [1.82, 2.24) is 0 Å². The van der Waals surface area contributed by atoms with Gasteiger partial charge in [0.15, 0.2) is 0 Å². The minimum Gasteiger partial charge on any atom is -0.480 e. The van der Waals surface area contributed by atoms with Crippen molar-refractivity contribution >= 4 is 11.5 Å². The van der Waals surface area contributed by atoms with Crippen LogP contribution in [0.2, 0.25) is 0 Å². The second-order valence-electron chi connectivity index (χ2n) is 4.43. The molecular weight excluding hydrogens is 214 g/mol. The van der Waals surface area contributed by atoms with Gasteiger partial charge in [0, 0.05) is 0 Å². The van der Waals surface area contributed by atoms with Gasteiger partial charge in [0.1, 0.15) is 6.04 Å². The van der Waals surface area contributed by atoms with E-state index < -0.39 is 12.0 Å².